The molecule has 2 aliphatic heterocycles. The van der Waals surface area contributed by atoms with E-state index in [1.165, 1.54) is 10.9 Å². The van der Waals surface area contributed by atoms with Gasteiger partial charge in [0.05, 0.1) is 42.0 Å². The molecule has 246 valence electrons. The largest absolute Gasteiger partial charge is 0.434 e. The molecule has 0 bridgehead atoms. The first-order chi connectivity index (χ1) is 22.0. The van der Waals surface area contributed by atoms with Crippen LogP contribution in [0.1, 0.15) is 43.4 Å². The van der Waals surface area contributed by atoms with E-state index in [2.05, 4.69) is 35.7 Å². The number of nitrogens with two attached hydrogens (primary N) is 1. The Hall–Kier alpha value is -4.61. The predicted octanol–water partition coefficient (Wildman–Crippen LogP) is 1.24. The van der Waals surface area contributed by atoms with Crippen LogP contribution in [0.3, 0.4) is 0 Å². The molecule has 0 spiro atoms. The van der Waals surface area contributed by atoms with Crippen LogP contribution in [0.25, 0.3) is 5.69 Å². The van der Waals surface area contributed by atoms with Crippen molar-refractivity contribution in [3.05, 3.63) is 59.2 Å². The number of carbonyl (C=O) groups is 3. The summed E-state index contributed by atoms with van der Waals surface area (Å²) in [6.07, 6.45) is -2.84. The molecule has 3 aromatic rings. The maximum Gasteiger partial charge on any atom is 0.434 e. The highest BCUT2D eigenvalue weighted by Gasteiger charge is 2.38. The Kier molecular flexibility index (Phi) is 10.1. The highest BCUT2D eigenvalue weighted by molar-refractivity contribution is 6.07. The normalized spacial score (nSPS) is 16.3. The molecule has 0 unspecified atom stereocenters. The Balaban J connectivity index is 1.36. The van der Waals surface area contributed by atoms with Gasteiger partial charge in [-0.25, -0.2) is 9.67 Å². The van der Waals surface area contributed by atoms with E-state index in [0.29, 0.717) is 44.2 Å². The minimum Gasteiger partial charge on any atom is -0.379 e. The van der Waals surface area contributed by atoms with E-state index in [1.807, 2.05) is 11.9 Å². The molecule has 0 saturated carbocycles. The van der Waals surface area contributed by atoms with E-state index in [-0.39, 0.29) is 11.4 Å². The molecule has 4 N–H and O–H groups in total. The van der Waals surface area contributed by atoms with Crippen molar-refractivity contribution >= 4 is 29.1 Å². The lowest BCUT2D eigenvalue weighted by Crippen LogP contribution is -2.44. The van der Waals surface area contributed by atoms with Gasteiger partial charge in [-0.3, -0.25) is 19.3 Å². The SMILES string of the molecule is CN1CCN(c2ccc(-n3cc(C(=O)NCCCN4CCOCC4)nn3)cc2NC(=O)c2ccc(C(N)=O)nc2C(F)(F)F)CC1. The van der Waals surface area contributed by atoms with E-state index < -0.39 is 40.8 Å². The number of hydrogen-bond donors (Lipinski definition) is 3. The summed E-state index contributed by atoms with van der Waals surface area (Å²) >= 11 is 0. The van der Waals surface area contributed by atoms with Crippen LogP contribution in [-0.4, -0.2) is 120 Å². The number of hydrogen-bond acceptors (Lipinski definition) is 10. The Morgan fingerprint density at radius 3 is 2.41 bits per heavy atom. The van der Waals surface area contributed by atoms with Crippen LogP contribution in [0.4, 0.5) is 24.5 Å². The van der Waals surface area contributed by atoms with Crippen molar-refractivity contribution in [1.29, 1.82) is 0 Å². The maximum atomic E-state index is 13.9. The molecule has 5 rings (SSSR count). The van der Waals surface area contributed by atoms with Crippen LogP contribution in [-0.2, 0) is 10.9 Å². The summed E-state index contributed by atoms with van der Waals surface area (Å²) in [4.78, 5) is 47.3. The number of aromatic nitrogens is 4. The lowest BCUT2D eigenvalue weighted by atomic mass is 10.1. The molecule has 4 heterocycles. The summed E-state index contributed by atoms with van der Waals surface area (Å²) in [7, 11) is 1.98. The fourth-order valence-electron chi connectivity index (χ4n) is 5.19. The van der Waals surface area contributed by atoms with E-state index in [1.54, 1.807) is 18.2 Å². The van der Waals surface area contributed by atoms with Crippen molar-refractivity contribution in [2.24, 2.45) is 5.73 Å². The molecule has 14 nitrogen and oxygen atoms in total. The van der Waals surface area contributed by atoms with Crippen LogP contribution in [0, 0.1) is 0 Å². The zero-order chi connectivity index (χ0) is 32.8. The Morgan fingerprint density at radius 2 is 1.72 bits per heavy atom. The molecule has 0 atom stereocenters. The third-order valence-electron chi connectivity index (χ3n) is 7.76. The number of pyridine rings is 1. The van der Waals surface area contributed by atoms with Gasteiger partial charge < -0.3 is 30.9 Å². The summed E-state index contributed by atoms with van der Waals surface area (Å²) in [6.45, 7) is 7.11. The number of primary amides is 1. The summed E-state index contributed by atoms with van der Waals surface area (Å²) in [5.74, 6) is -2.64. The first-order valence-electron chi connectivity index (χ1n) is 14.8. The first kappa shape index (κ1) is 32.8. The van der Waals surface area contributed by atoms with Crippen LogP contribution in [0.15, 0.2) is 36.5 Å². The number of halogens is 3. The van der Waals surface area contributed by atoms with Crippen molar-refractivity contribution in [1.82, 2.24) is 35.1 Å². The lowest BCUT2D eigenvalue weighted by molar-refractivity contribution is -0.141. The van der Waals surface area contributed by atoms with Crippen LogP contribution < -0.4 is 21.3 Å². The minimum absolute atomic E-state index is 0.0792. The van der Waals surface area contributed by atoms with Crippen LogP contribution in [0.2, 0.25) is 0 Å². The molecule has 3 amide bonds. The second kappa shape index (κ2) is 14.2. The van der Waals surface area contributed by atoms with Gasteiger partial charge in [0, 0.05) is 45.8 Å². The van der Waals surface area contributed by atoms with E-state index in [4.69, 9.17) is 10.5 Å². The van der Waals surface area contributed by atoms with E-state index >= 15 is 0 Å². The van der Waals surface area contributed by atoms with Gasteiger partial charge in [-0.15, -0.1) is 5.10 Å². The number of likely N-dealkylation sites (N-methyl/N-ethyl adjacent to an activating group) is 1. The third kappa shape index (κ3) is 7.96. The highest BCUT2D eigenvalue weighted by atomic mass is 19.4. The number of nitrogens with zero attached hydrogens (tertiary/aromatic N) is 7. The number of rotatable bonds is 10. The fourth-order valence-corrected chi connectivity index (χ4v) is 5.19. The number of nitrogens with one attached hydrogen (secondary N) is 2. The van der Waals surface area contributed by atoms with Crippen molar-refractivity contribution < 1.29 is 32.3 Å². The number of carbonyl (C=O) groups excluding carboxylic acids is 3. The van der Waals surface area contributed by atoms with Gasteiger partial charge in [0.2, 0.25) is 0 Å². The molecule has 2 aliphatic rings. The van der Waals surface area contributed by atoms with Gasteiger partial charge in [0.15, 0.2) is 11.4 Å². The van der Waals surface area contributed by atoms with Gasteiger partial charge in [0.1, 0.15) is 5.69 Å². The van der Waals surface area contributed by atoms with E-state index in [0.717, 1.165) is 51.3 Å². The van der Waals surface area contributed by atoms with Gasteiger partial charge in [-0.1, -0.05) is 5.21 Å². The smallest absolute Gasteiger partial charge is 0.379 e. The molecule has 2 saturated heterocycles. The molecule has 17 heteroatoms. The number of amides is 3. The lowest BCUT2D eigenvalue weighted by Gasteiger charge is -2.35. The number of benzene rings is 1. The monoisotopic (exact) mass is 644 g/mol. The number of morpholine rings is 1. The average Bonchev–Trinajstić information content (AvgIpc) is 3.54. The molecule has 2 aromatic heterocycles. The Labute approximate surface area is 262 Å². The molecule has 0 radical (unpaired) electrons. The standard InChI is InChI=1S/C29H35F3N10O4/c1-39-9-11-41(12-10-39)24-6-3-19(42-18-23(37-38-42)28(45)34-7-2-8-40-13-15-46-16-14-40)17-22(24)36-27(44)20-4-5-21(26(33)43)35-25(20)29(30,31)32/h3-6,17-18H,2,7-16H2,1H3,(H2,33,43)(H,34,45)(H,36,44). The van der Waals surface area contributed by atoms with Gasteiger partial charge in [-0.05, 0) is 50.3 Å². The number of ether oxygens (including phenoxy) is 1. The van der Waals surface area contributed by atoms with Crippen molar-refractivity contribution in [2.75, 3.05) is 82.8 Å². The van der Waals surface area contributed by atoms with Gasteiger partial charge in [0.25, 0.3) is 17.7 Å². The maximum absolute atomic E-state index is 13.9. The van der Waals surface area contributed by atoms with Crippen molar-refractivity contribution in [3.63, 3.8) is 0 Å². The third-order valence-corrected chi connectivity index (χ3v) is 7.76. The summed E-state index contributed by atoms with van der Waals surface area (Å²) in [5.41, 5.74) is 3.47. The minimum atomic E-state index is -5.03. The van der Waals surface area contributed by atoms with Crippen molar-refractivity contribution in [3.8, 4) is 5.69 Å². The zero-order valence-corrected chi connectivity index (χ0v) is 25.2. The number of alkyl halides is 3. The Bertz CT molecular complexity index is 1570. The second-order valence-corrected chi connectivity index (χ2v) is 11.0. The molecule has 0 aliphatic carbocycles. The van der Waals surface area contributed by atoms with Crippen molar-refractivity contribution in [2.45, 2.75) is 12.6 Å². The molecule has 46 heavy (non-hydrogen) atoms. The van der Waals surface area contributed by atoms with Gasteiger partial charge in [-0.2, -0.15) is 13.2 Å². The predicted molar refractivity (Wildman–Crippen MR) is 161 cm³/mol. The average molecular weight is 645 g/mol. The fraction of sp³-hybridized carbons (Fsp3) is 0.448. The van der Waals surface area contributed by atoms with E-state index in [9.17, 15) is 27.6 Å². The van der Waals surface area contributed by atoms with Crippen LogP contribution >= 0.6 is 0 Å². The Morgan fingerprint density at radius 1 is 0.978 bits per heavy atom. The summed E-state index contributed by atoms with van der Waals surface area (Å²) in [5, 5.41) is 13.5. The molecule has 1 aromatic carbocycles. The molecular weight excluding hydrogens is 609 g/mol. The highest BCUT2D eigenvalue weighted by Crippen LogP contribution is 2.33. The molecule has 2 fully saturated rings. The first-order valence-corrected chi connectivity index (χ1v) is 14.8. The summed E-state index contributed by atoms with van der Waals surface area (Å²) < 4.78 is 48.3. The molecular formula is C29H35F3N10O4. The quantitative estimate of drug-likeness (QED) is 0.274. The van der Waals surface area contributed by atoms with Gasteiger partial charge >= 0.3 is 6.18 Å². The zero-order valence-electron chi connectivity index (χ0n) is 25.2. The topological polar surface area (TPSA) is 164 Å². The summed E-state index contributed by atoms with van der Waals surface area (Å²) in [6, 6.07) is 6.82. The number of piperazine rings is 1. The second-order valence-electron chi connectivity index (χ2n) is 11.0. The number of anilines is 2. The van der Waals surface area contributed by atoms with Crippen LogP contribution in [0.5, 0.6) is 0 Å².